The van der Waals surface area contributed by atoms with E-state index in [1.165, 1.54) is 0 Å². The maximum atomic E-state index is 11.9. The molecule has 0 heterocycles. The molecule has 0 atom stereocenters. The quantitative estimate of drug-likeness (QED) is 0.586. The predicted molar refractivity (Wildman–Crippen MR) is 89.5 cm³/mol. The molecule has 0 saturated heterocycles. The zero-order chi connectivity index (χ0) is 15.9. The van der Waals surface area contributed by atoms with Crippen LogP contribution in [-0.4, -0.2) is 24.9 Å². The molecule has 2 rings (SSSR count). The minimum absolute atomic E-state index is 0.149. The standard InChI is InChI=1S/C17H18N2O2S/c1-12-6-8-13(9-7-12)16(20)18-10-11-19-17(21)14-4-2-3-5-15(14)22/h2-9,22H,10-11H2,1H3,(H,18,20)(H,19,21). The lowest BCUT2D eigenvalue weighted by Crippen LogP contribution is -2.34. The minimum atomic E-state index is -0.199. The highest BCUT2D eigenvalue weighted by Crippen LogP contribution is 2.12. The van der Waals surface area contributed by atoms with Crippen LogP contribution in [0.1, 0.15) is 26.3 Å². The summed E-state index contributed by atoms with van der Waals surface area (Å²) in [6.07, 6.45) is 0. The number of thiol groups is 1. The Hall–Kier alpha value is -2.27. The fourth-order valence-corrected chi connectivity index (χ4v) is 2.18. The van der Waals surface area contributed by atoms with E-state index in [1.54, 1.807) is 30.3 Å². The van der Waals surface area contributed by atoms with E-state index in [-0.39, 0.29) is 11.8 Å². The Morgan fingerprint density at radius 1 is 0.909 bits per heavy atom. The maximum absolute atomic E-state index is 11.9. The van der Waals surface area contributed by atoms with Crippen LogP contribution in [0.4, 0.5) is 0 Å². The number of carbonyl (C=O) groups is 2. The number of aryl methyl sites for hydroxylation is 1. The van der Waals surface area contributed by atoms with Crippen molar-refractivity contribution in [1.82, 2.24) is 10.6 Å². The van der Waals surface area contributed by atoms with Crippen LogP contribution in [-0.2, 0) is 0 Å². The van der Waals surface area contributed by atoms with Crippen LogP contribution in [0.2, 0.25) is 0 Å². The third-order valence-corrected chi connectivity index (χ3v) is 3.55. The van der Waals surface area contributed by atoms with Crippen molar-refractivity contribution < 1.29 is 9.59 Å². The molecule has 2 amide bonds. The first-order chi connectivity index (χ1) is 10.6. The highest BCUT2D eigenvalue weighted by atomic mass is 32.1. The first-order valence-electron chi connectivity index (χ1n) is 6.99. The number of hydrogen-bond acceptors (Lipinski definition) is 3. The summed E-state index contributed by atoms with van der Waals surface area (Å²) in [5.74, 6) is -0.348. The molecule has 0 saturated carbocycles. The monoisotopic (exact) mass is 314 g/mol. The molecule has 0 aliphatic rings. The molecule has 4 nitrogen and oxygen atoms in total. The van der Waals surface area contributed by atoms with Crippen LogP contribution in [0.5, 0.6) is 0 Å². The number of hydrogen-bond donors (Lipinski definition) is 3. The van der Waals surface area contributed by atoms with Crippen LogP contribution in [0.3, 0.4) is 0 Å². The molecule has 0 bridgehead atoms. The topological polar surface area (TPSA) is 58.2 Å². The molecule has 5 heteroatoms. The van der Waals surface area contributed by atoms with Crippen LogP contribution in [0.25, 0.3) is 0 Å². The molecule has 0 aromatic heterocycles. The van der Waals surface area contributed by atoms with Crippen LogP contribution in [0.15, 0.2) is 53.4 Å². The summed E-state index contributed by atoms with van der Waals surface area (Å²) in [6.45, 7) is 2.70. The Morgan fingerprint density at radius 3 is 2.14 bits per heavy atom. The van der Waals surface area contributed by atoms with Gasteiger partial charge in [-0.1, -0.05) is 29.8 Å². The molecule has 2 aromatic carbocycles. The van der Waals surface area contributed by atoms with Gasteiger partial charge in [-0.15, -0.1) is 12.6 Å². The molecule has 114 valence electrons. The molecule has 0 aliphatic heterocycles. The summed E-state index contributed by atoms with van der Waals surface area (Å²) in [5.41, 5.74) is 2.24. The SMILES string of the molecule is Cc1ccc(C(=O)NCCNC(=O)c2ccccc2S)cc1. The Kier molecular flexibility index (Phi) is 5.61. The van der Waals surface area contributed by atoms with Gasteiger partial charge in [-0.3, -0.25) is 9.59 Å². The Labute approximate surface area is 135 Å². The van der Waals surface area contributed by atoms with Crippen molar-refractivity contribution in [2.75, 3.05) is 13.1 Å². The third-order valence-electron chi connectivity index (χ3n) is 3.16. The van der Waals surface area contributed by atoms with Crippen LogP contribution in [0, 0.1) is 6.92 Å². The second-order valence-electron chi connectivity index (χ2n) is 4.89. The number of carbonyl (C=O) groups excluding carboxylic acids is 2. The van der Waals surface area contributed by atoms with E-state index >= 15 is 0 Å². The van der Waals surface area contributed by atoms with Gasteiger partial charge in [0.1, 0.15) is 0 Å². The average Bonchev–Trinajstić information content (AvgIpc) is 2.52. The molecule has 2 N–H and O–H groups in total. The Bertz CT molecular complexity index is 669. The Balaban J connectivity index is 1.77. The molecule has 0 fully saturated rings. The van der Waals surface area contributed by atoms with E-state index < -0.39 is 0 Å². The molecular formula is C17H18N2O2S. The zero-order valence-electron chi connectivity index (χ0n) is 12.3. The molecular weight excluding hydrogens is 296 g/mol. The third kappa shape index (κ3) is 4.36. The van der Waals surface area contributed by atoms with Crippen molar-refractivity contribution in [2.24, 2.45) is 0 Å². The second-order valence-corrected chi connectivity index (χ2v) is 5.38. The maximum Gasteiger partial charge on any atom is 0.252 e. The van der Waals surface area contributed by atoms with Gasteiger partial charge < -0.3 is 10.6 Å². The highest BCUT2D eigenvalue weighted by Gasteiger charge is 2.08. The predicted octanol–water partition coefficient (Wildman–Crippen LogP) is 2.44. The van der Waals surface area contributed by atoms with Gasteiger partial charge in [0.05, 0.1) is 5.56 Å². The largest absolute Gasteiger partial charge is 0.350 e. The number of amides is 2. The van der Waals surface area contributed by atoms with Crippen molar-refractivity contribution >= 4 is 24.4 Å². The summed E-state index contributed by atoms with van der Waals surface area (Å²) in [7, 11) is 0. The van der Waals surface area contributed by atoms with Crippen molar-refractivity contribution in [3.8, 4) is 0 Å². The van der Waals surface area contributed by atoms with E-state index in [9.17, 15) is 9.59 Å². The first kappa shape index (κ1) is 16.1. The normalized spacial score (nSPS) is 10.1. The van der Waals surface area contributed by atoms with Crippen molar-refractivity contribution in [3.05, 3.63) is 65.2 Å². The van der Waals surface area contributed by atoms with Gasteiger partial charge in [-0.25, -0.2) is 0 Å². The Morgan fingerprint density at radius 2 is 1.50 bits per heavy atom. The molecule has 0 unspecified atom stereocenters. The van der Waals surface area contributed by atoms with E-state index in [4.69, 9.17) is 0 Å². The van der Waals surface area contributed by atoms with Crippen LogP contribution >= 0.6 is 12.6 Å². The van der Waals surface area contributed by atoms with E-state index in [0.29, 0.717) is 29.1 Å². The summed E-state index contributed by atoms with van der Waals surface area (Å²) in [6, 6.07) is 14.4. The van der Waals surface area contributed by atoms with Gasteiger partial charge in [-0.05, 0) is 31.2 Å². The van der Waals surface area contributed by atoms with Crippen molar-refractivity contribution in [2.45, 2.75) is 11.8 Å². The van der Waals surface area contributed by atoms with Gasteiger partial charge in [0.25, 0.3) is 11.8 Å². The van der Waals surface area contributed by atoms with Gasteiger partial charge in [0, 0.05) is 23.5 Å². The summed E-state index contributed by atoms with van der Waals surface area (Å²) in [5, 5.41) is 5.52. The lowest BCUT2D eigenvalue weighted by molar-refractivity contribution is 0.0926. The minimum Gasteiger partial charge on any atom is -0.350 e. The zero-order valence-corrected chi connectivity index (χ0v) is 13.2. The highest BCUT2D eigenvalue weighted by molar-refractivity contribution is 7.80. The van der Waals surface area contributed by atoms with Crippen molar-refractivity contribution in [3.63, 3.8) is 0 Å². The molecule has 2 aromatic rings. The number of nitrogens with one attached hydrogen (secondary N) is 2. The molecule has 0 aliphatic carbocycles. The summed E-state index contributed by atoms with van der Waals surface area (Å²) in [4.78, 5) is 24.5. The van der Waals surface area contributed by atoms with E-state index in [0.717, 1.165) is 5.56 Å². The summed E-state index contributed by atoms with van der Waals surface area (Å²) < 4.78 is 0. The molecule has 0 spiro atoms. The number of rotatable bonds is 5. The summed E-state index contributed by atoms with van der Waals surface area (Å²) >= 11 is 4.24. The smallest absolute Gasteiger partial charge is 0.252 e. The lowest BCUT2D eigenvalue weighted by atomic mass is 10.1. The van der Waals surface area contributed by atoms with Gasteiger partial charge in [0.15, 0.2) is 0 Å². The lowest BCUT2D eigenvalue weighted by Gasteiger charge is -2.08. The van der Waals surface area contributed by atoms with Gasteiger partial charge >= 0.3 is 0 Å². The molecule has 0 radical (unpaired) electrons. The van der Waals surface area contributed by atoms with Crippen LogP contribution < -0.4 is 10.6 Å². The molecule has 22 heavy (non-hydrogen) atoms. The van der Waals surface area contributed by atoms with Crippen molar-refractivity contribution in [1.29, 1.82) is 0 Å². The van der Waals surface area contributed by atoms with E-state index in [1.807, 2.05) is 25.1 Å². The van der Waals surface area contributed by atoms with Gasteiger partial charge in [0.2, 0.25) is 0 Å². The first-order valence-corrected chi connectivity index (χ1v) is 7.43. The van der Waals surface area contributed by atoms with Gasteiger partial charge in [-0.2, -0.15) is 0 Å². The fraction of sp³-hybridized carbons (Fsp3) is 0.176. The van der Waals surface area contributed by atoms with E-state index in [2.05, 4.69) is 23.3 Å². The second kappa shape index (κ2) is 7.66. The fourth-order valence-electron chi connectivity index (χ4n) is 1.92. The average molecular weight is 314 g/mol. The number of benzene rings is 2.